The Labute approximate surface area is 134 Å². The highest BCUT2D eigenvalue weighted by Crippen LogP contribution is 2.17. The van der Waals surface area contributed by atoms with Gasteiger partial charge in [0.05, 0.1) is 16.7 Å². The van der Waals surface area contributed by atoms with Crippen LogP contribution >= 0.6 is 11.8 Å². The van der Waals surface area contributed by atoms with Gasteiger partial charge in [-0.15, -0.1) is 0 Å². The summed E-state index contributed by atoms with van der Waals surface area (Å²) in [5.74, 6) is 0.347. The lowest BCUT2D eigenvalue weighted by atomic mass is 10.2. The summed E-state index contributed by atoms with van der Waals surface area (Å²) in [5, 5.41) is 1.17. The SMILES string of the molecule is CCCCN(C)C(=O)CSc1nc2ccccc2c(=O)n1C. The Morgan fingerprint density at radius 2 is 2.09 bits per heavy atom. The van der Waals surface area contributed by atoms with Crippen LogP contribution < -0.4 is 5.56 Å². The molecule has 1 heterocycles. The Morgan fingerprint density at radius 3 is 2.82 bits per heavy atom. The van der Waals surface area contributed by atoms with Crippen molar-refractivity contribution in [3.05, 3.63) is 34.6 Å². The summed E-state index contributed by atoms with van der Waals surface area (Å²) in [6, 6.07) is 7.26. The first-order valence-electron chi connectivity index (χ1n) is 7.37. The van der Waals surface area contributed by atoms with Crippen molar-refractivity contribution >= 4 is 28.6 Å². The van der Waals surface area contributed by atoms with Crippen molar-refractivity contribution in [2.45, 2.75) is 24.9 Å². The summed E-state index contributed by atoms with van der Waals surface area (Å²) in [6.07, 6.45) is 2.06. The molecule has 0 N–H and O–H groups in total. The van der Waals surface area contributed by atoms with Crippen LogP contribution in [0.15, 0.2) is 34.2 Å². The van der Waals surface area contributed by atoms with E-state index in [0.29, 0.717) is 21.8 Å². The van der Waals surface area contributed by atoms with Crippen molar-refractivity contribution in [2.24, 2.45) is 7.05 Å². The third-order valence-electron chi connectivity index (χ3n) is 3.54. The molecule has 1 aromatic carbocycles. The zero-order chi connectivity index (χ0) is 16.1. The molecule has 0 aliphatic heterocycles. The molecule has 6 heteroatoms. The lowest BCUT2D eigenvalue weighted by Gasteiger charge is -2.16. The first-order chi connectivity index (χ1) is 10.5. The molecule has 2 rings (SSSR count). The molecule has 0 unspecified atom stereocenters. The van der Waals surface area contributed by atoms with Crippen LogP contribution in [0, 0.1) is 0 Å². The molecular formula is C16H21N3O2S. The van der Waals surface area contributed by atoms with Crippen molar-refractivity contribution < 1.29 is 4.79 Å². The highest BCUT2D eigenvalue weighted by molar-refractivity contribution is 7.99. The zero-order valence-corrected chi connectivity index (χ0v) is 14.0. The third-order valence-corrected chi connectivity index (χ3v) is 4.55. The molecule has 1 amide bonds. The van der Waals surface area contributed by atoms with Gasteiger partial charge in [-0.1, -0.05) is 37.2 Å². The van der Waals surface area contributed by atoms with Crippen LogP contribution in [0.25, 0.3) is 10.9 Å². The summed E-state index contributed by atoms with van der Waals surface area (Å²) in [7, 11) is 3.50. The molecular weight excluding hydrogens is 298 g/mol. The van der Waals surface area contributed by atoms with Crippen molar-refractivity contribution in [1.29, 1.82) is 0 Å². The van der Waals surface area contributed by atoms with Gasteiger partial charge in [-0.25, -0.2) is 4.98 Å². The van der Waals surface area contributed by atoms with Gasteiger partial charge in [-0.05, 0) is 18.6 Å². The van der Waals surface area contributed by atoms with Crippen molar-refractivity contribution in [3.8, 4) is 0 Å². The van der Waals surface area contributed by atoms with Crippen molar-refractivity contribution in [3.63, 3.8) is 0 Å². The fourth-order valence-corrected chi connectivity index (χ4v) is 3.00. The highest BCUT2D eigenvalue weighted by atomic mass is 32.2. The number of carbonyl (C=O) groups is 1. The molecule has 0 bridgehead atoms. The Balaban J connectivity index is 2.13. The predicted octanol–water partition coefficient (Wildman–Crippen LogP) is 2.28. The summed E-state index contributed by atoms with van der Waals surface area (Å²) in [5.41, 5.74) is 0.583. The van der Waals surface area contributed by atoms with Crippen LogP contribution in [0.2, 0.25) is 0 Å². The van der Waals surface area contributed by atoms with Gasteiger partial charge >= 0.3 is 0 Å². The highest BCUT2D eigenvalue weighted by Gasteiger charge is 2.12. The first kappa shape index (κ1) is 16.5. The number of unbranched alkanes of at least 4 members (excludes halogenated alkanes) is 1. The van der Waals surface area contributed by atoms with E-state index in [2.05, 4.69) is 11.9 Å². The summed E-state index contributed by atoms with van der Waals surface area (Å²) in [6.45, 7) is 2.86. The molecule has 0 saturated carbocycles. The number of amides is 1. The fourth-order valence-electron chi connectivity index (χ4n) is 2.08. The molecule has 22 heavy (non-hydrogen) atoms. The van der Waals surface area contributed by atoms with Crippen LogP contribution in [-0.4, -0.2) is 39.7 Å². The third kappa shape index (κ3) is 3.68. The number of benzene rings is 1. The molecule has 5 nitrogen and oxygen atoms in total. The van der Waals surface area contributed by atoms with Gasteiger partial charge in [-0.2, -0.15) is 0 Å². The van der Waals surface area contributed by atoms with E-state index in [1.165, 1.54) is 16.3 Å². The molecule has 0 spiro atoms. The van der Waals surface area contributed by atoms with E-state index in [1.807, 2.05) is 25.2 Å². The Kier molecular flexibility index (Phi) is 5.60. The van der Waals surface area contributed by atoms with E-state index in [-0.39, 0.29) is 11.5 Å². The number of nitrogens with zero attached hydrogens (tertiary/aromatic N) is 3. The number of aromatic nitrogens is 2. The topological polar surface area (TPSA) is 55.2 Å². The molecule has 2 aromatic rings. The lowest BCUT2D eigenvalue weighted by Crippen LogP contribution is -2.29. The maximum absolute atomic E-state index is 12.3. The number of hydrogen-bond donors (Lipinski definition) is 0. The zero-order valence-electron chi connectivity index (χ0n) is 13.2. The van der Waals surface area contributed by atoms with Gasteiger partial charge in [0.2, 0.25) is 5.91 Å². The van der Waals surface area contributed by atoms with E-state index >= 15 is 0 Å². The monoisotopic (exact) mass is 319 g/mol. The van der Waals surface area contributed by atoms with Gasteiger partial charge in [0.25, 0.3) is 5.56 Å². The number of rotatable bonds is 6. The van der Waals surface area contributed by atoms with E-state index in [4.69, 9.17) is 0 Å². The second-order valence-electron chi connectivity index (χ2n) is 5.23. The summed E-state index contributed by atoms with van der Waals surface area (Å²) >= 11 is 1.31. The molecule has 0 saturated heterocycles. The van der Waals surface area contributed by atoms with Crippen LogP contribution in [0.4, 0.5) is 0 Å². The fraction of sp³-hybridized carbons (Fsp3) is 0.438. The minimum absolute atomic E-state index is 0.0563. The van der Waals surface area contributed by atoms with Crippen LogP contribution in [0.3, 0.4) is 0 Å². The van der Waals surface area contributed by atoms with E-state index in [1.54, 1.807) is 18.0 Å². The van der Waals surface area contributed by atoms with Gasteiger partial charge in [-0.3, -0.25) is 14.2 Å². The van der Waals surface area contributed by atoms with Gasteiger partial charge in [0, 0.05) is 20.6 Å². The molecule has 0 fully saturated rings. The molecule has 118 valence electrons. The van der Waals surface area contributed by atoms with E-state index in [9.17, 15) is 9.59 Å². The standard InChI is InChI=1S/C16H21N3O2S/c1-4-5-10-18(2)14(20)11-22-16-17-13-9-7-6-8-12(13)15(21)19(16)3/h6-9H,4-5,10-11H2,1-3H3. The molecule has 0 aliphatic rings. The van der Waals surface area contributed by atoms with Crippen LogP contribution in [0.1, 0.15) is 19.8 Å². The minimum atomic E-state index is -0.0834. The smallest absolute Gasteiger partial charge is 0.261 e. The molecule has 1 aromatic heterocycles. The maximum Gasteiger partial charge on any atom is 0.261 e. The van der Waals surface area contributed by atoms with Crippen molar-refractivity contribution in [2.75, 3.05) is 19.3 Å². The quantitative estimate of drug-likeness (QED) is 0.605. The number of hydrogen-bond acceptors (Lipinski definition) is 4. The Morgan fingerprint density at radius 1 is 1.36 bits per heavy atom. The Bertz CT molecular complexity index is 727. The largest absolute Gasteiger partial charge is 0.345 e. The second-order valence-corrected chi connectivity index (χ2v) is 6.18. The maximum atomic E-state index is 12.3. The van der Waals surface area contributed by atoms with E-state index in [0.717, 1.165) is 19.4 Å². The lowest BCUT2D eigenvalue weighted by molar-refractivity contribution is -0.127. The van der Waals surface area contributed by atoms with E-state index < -0.39 is 0 Å². The molecule has 0 atom stereocenters. The average molecular weight is 319 g/mol. The minimum Gasteiger partial charge on any atom is -0.345 e. The van der Waals surface area contributed by atoms with Crippen LogP contribution in [-0.2, 0) is 11.8 Å². The normalized spacial score (nSPS) is 10.9. The van der Waals surface area contributed by atoms with Crippen LogP contribution in [0.5, 0.6) is 0 Å². The Hall–Kier alpha value is -1.82. The second kappa shape index (κ2) is 7.45. The van der Waals surface area contributed by atoms with Gasteiger partial charge in [0.15, 0.2) is 5.16 Å². The predicted molar refractivity (Wildman–Crippen MR) is 90.3 cm³/mol. The van der Waals surface area contributed by atoms with Gasteiger partial charge in [0.1, 0.15) is 0 Å². The molecule has 0 aliphatic carbocycles. The number of carbonyl (C=O) groups excluding carboxylic acids is 1. The first-order valence-corrected chi connectivity index (χ1v) is 8.35. The van der Waals surface area contributed by atoms with Gasteiger partial charge < -0.3 is 4.90 Å². The summed E-state index contributed by atoms with van der Waals surface area (Å²) < 4.78 is 1.51. The number of para-hydroxylation sites is 1. The number of fused-ring (bicyclic) bond motifs is 1. The molecule has 0 radical (unpaired) electrons. The van der Waals surface area contributed by atoms with Crippen molar-refractivity contribution in [1.82, 2.24) is 14.5 Å². The number of thioether (sulfide) groups is 1. The summed E-state index contributed by atoms with van der Waals surface area (Å²) in [4.78, 5) is 30.6. The average Bonchev–Trinajstić information content (AvgIpc) is 2.54.